The summed E-state index contributed by atoms with van der Waals surface area (Å²) in [5, 5.41) is 15.5. The van der Waals surface area contributed by atoms with Crippen molar-refractivity contribution in [3.63, 3.8) is 0 Å². The molecule has 0 atom stereocenters. The summed E-state index contributed by atoms with van der Waals surface area (Å²) >= 11 is 2.69. The SMILES string of the molecule is CCOC(=O)c1c(NC(=O)CSc2nnc(CNC(=O)c3ccco3)n2-c2cccc(C)c2C)sc2c1CCCC2. The predicted octanol–water partition coefficient (Wildman–Crippen LogP) is 5.25. The number of aromatic nitrogens is 3. The second-order valence-electron chi connectivity index (χ2n) is 9.59. The van der Waals surface area contributed by atoms with Crippen LogP contribution in [0, 0.1) is 13.8 Å². The molecule has 0 unspecified atom stereocenters. The maximum Gasteiger partial charge on any atom is 0.341 e. The van der Waals surface area contributed by atoms with Crippen molar-refractivity contribution in [3.05, 3.63) is 75.3 Å². The minimum absolute atomic E-state index is 0.0482. The highest BCUT2D eigenvalue weighted by atomic mass is 32.2. The largest absolute Gasteiger partial charge is 0.462 e. The molecule has 1 aromatic carbocycles. The number of carbonyl (C=O) groups is 3. The number of nitrogens with zero attached hydrogens (tertiary/aromatic N) is 3. The number of aryl methyl sites for hydroxylation is 2. The second-order valence-corrected chi connectivity index (χ2v) is 11.6. The van der Waals surface area contributed by atoms with Gasteiger partial charge in [-0.05, 0) is 81.3 Å². The summed E-state index contributed by atoms with van der Waals surface area (Å²) in [6, 6.07) is 9.15. The van der Waals surface area contributed by atoms with Crippen molar-refractivity contribution in [1.29, 1.82) is 0 Å². The number of esters is 1. The molecule has 0 aliphatic heterocycles. The number of rotatable bonds is 10. The van der Waals surface area contributed by atoms with Crippen LogP contribution in [0.25, 0.3) is 5.69 Å². The molecule has 4 aromatic rings. The van der Waals surface area contributed by atoms with E-state index in [2.05, 4.69) is 20.8 Å². The van der Waals surface area contributed by atoms with Gasteiger partial charge in [0.25, 0.3) is 5.91 Å². The Morgan fingerprint density at radius 1 is 1.12 bits per heavy atom. The van der Waals surface area contributed by atoms with Gasteiger partial charge in [-0.1, -0.05) is 23.9 Å². The van der Waals surface area contributed by atoms with E-state index in [1.165, 1.54) is 29.4 Å². The van der Waals surface area contributed by atoms with Crippen LogP contribution in [0.3, 0.4) is 0 Å². The summed E-state index contributed by atoms with van der Waals surface area (Å²) in [6.07, 6.45) is 5.22. The fourth-order valence-electron chi connectivity index (χ4n) is 4.75. The number of thiophene rings is 1. The van der Waals surface area contributed by atoms with Gasteiger partial charge in [-0.3, -0.25) is 14.2 Å². The van der Waals surface area contributed by atoms with Crippen molar-refractivity contribution in [2.24, 2.45) is 0 Å². The van der Waals surface area contributed by atoms with Crippen LogP contribution in [-0.2, 0) is 28.9 Å². The molecule has 2 N–H and O–H groups in total. The number of nitrogens with one attached hydrogen (secondary N) is 2. The second kappa shape index (κ2) is 12.7. The highest BCUT2D eigenvalue weighted by Crippen LogP contribution is 2.39. The summed E-state index contributed by atoms with van der Waals surface area (Å²) in [5.41, 5.74) is 4.45. The fourth-order valence-corrected chi connectivity index (χ4v) is 6.81. The Balaban J connectivity index is 1.36. The summed E-state index contributed by atoms with van der Waals surface area (Å²) in [4.78, 5) is 39.5. The summed E-state index contributed by atoms with van der Waals surface area (Å²) < 4.78 is 12.4. The number of amides is 2. The smallest absolute Gasteiger partial charge is 0.341 e. The van der Waals surface area contributed by atoms with Gasteiger partial charge >= 0.3 is 5.97 Å². The van der Waals surface area contributed by atoms with E-state index in [1.54, 1.807) is 19.1 Å². The molecule has 0 saturated carbocycles. The van der Waals surface area contributed by atoms with E-state index < -0.39 is 5.97 Å². The zero-order chi connectivity index (χ0) is 28.9. The molecule has 214 valence electrons. The standard InChI is InChI=1S/C29H31N5O5S2/c1-4-38-28(37)25-19-10-5-6-13-22(19)41-27(25)31-24(35)16-40-29-33-32-23(15-30-26(36)21-12-8-14-39-21)34(29)20-11-7-9-17(2)18(20)3/h7-9,11-12,14H,4-6,10,13,15-16H2,1-3H3,(H,30,36)(H,31,35). The molecular formula is C29H31N5O5S2. The zero-order valence-electron chi connectivity index (χ0n) is 23.1. The van der Waals surface area contributed by atoms with Gasteiger partial charge < -0.3 is 19.8 Å². The molecule has 10 nitrogen and oxygen atoms in total. The molecule has 0 radical (unpaired) electrons. The molecule has 2 amide bonds. The third-order valence-corrected chi connectivity index (χ3v) is 9.04. The molecule has 0 spiro atoms. The van der Waals surface area contributed by atoms with Crippen molar-refractivity contribution in [1.82, 2.24) is 20.1 Å². The van der Waals surface area contributed by atoms with Gasteiger partial charge in [0, 0.05) is 4.88 Å². The van der Waals surface area contributed by atoms with Crippen molar-refractivity contribution in [2.45, 2.75) is 58.2 Å². The van der Waals surface area contributed by atoms with Crippen molar-refractivity contribution < 1.29 is 23.5 Å². The van der Waals surface area contributed by atoms with Gasteiger partial charge in [-0.25, -0.2) is 4.79 Å². The van der Waals surface area contributed by atoms with E-state index in [-0.39, 0.29) is 36.5 Å². The minimum atomic E-state index is -0.397. The Morgan fingerprint density at radius 3 is 2.73 bits per heavy atom. The van der Waals surface area contributed by atoms with Crippen LogP contribution in [0.1, 0.15) is 68.1 Å². The van der Waals surface area contributed by atoms with Crippen LogP contribution in [0.15, 0.2) is 46.2 Å². The number of furan rings is 1. The maximum atomic E-state index is 13.2. The minimum Gasteiger partial charge on any atom is -0.462 e. The van der Waals surface area contributed by atoms with Gasteiger partial charge in [0.15, 0.2) is 16.7 Å². The quantitative estimate of drug-likeness (QED) is 0.188. The fraction of sp³-hybridized carbons (Fsp3) is 0.345. The Morgan fingerprint density at radius 2 is 1.95 bits per heavy atom. The molecule has 5 rings (SSSR count). The van der Waals surface area contributed by atoms with Crippen LogP contribution >= 0.6 is 23.1 Å². The number of fused-ring (bicyclic) bond motifs is 1. The lowest BCUT2D eigenvalue weighted by molar-refractivity contribution is -0.113. The van der Waals surface area contributed by atoms with E-state index in [9.17, 15) is 14.4 Å². The first-order valence-electron chi connectivity index (χ1n) is 13.4. The van der Waals surface area contributed by atoms with Gasteiger partial charge in [-0.2, -0.15) is 0 Å². The monoisotopic (exact) mass is 593 g/mol. The van der Waals surface area contributed by atoms with Crippen LogP contribution < -0.4 is 10.6 Å². The highest BCUT2D eigenvalue weighted by Gasteiger charge is 2.27. The molecule has 0 saturated heterocycles. The molecule has 0 bridgehead atoms. The van der Waals surface area contributed by atoms with Crippen LogP contribution in [-0.4, -0.2) is 44.9 Å². The molecule has 3 aromatic heterocycles. The molecule has 1 aliphatic carbocycles. The first kappa shape index (κ1) is 28.6. The van der Waals surface area contributed by atoms with Crippen LogP contribution in [0.2, 0.25) is 0 Å². The number of thioether (sulfide) groups is 1. The molecule has 41 heavy (non-hydrogen) atoms. The van der Waals surface area contributed by atoms with E-state index in [0.29, 0.717) is 21.5 Å². The van der Waals surface area contributed by atoms with Gasteiger partial charge in [-0.15, -0.1) is 21.5 Å². The Hall–Kier alpha value is -3.90. The number of hydrogen-bond donors (Lipinski definition) is 2. The lowest BCUT2D eigenvalue weighted by Crippen LogP contribution is -2.24. The van der Waals surface area contributed by atoms with Crippen molar-refractivity contribution >= 4 is 45.9 Å². The van der Waals surface area contributed by atoms with Crippen molar-refractivity contribution in [2.75, 3.05) is 17.7 Å². The number of anilines is 1. The van der Waals surface area contributed by atoms with Crippen LogP contribution in [0.5, 0.6) is 0 Å². The van der Waals surface area contributed by atoms with Crippen LogP contribution in [0.4, 0.5) is 5.00 Å². The number of benzene rings is 1. The van der Waals surface area contributed by atoms with Gasteiger partial charge in [0.2, 0.25) is 5.91 Å². The molecule has 3 heterocycles. The van der Waals surface area contributed by atoms with Gasteiger partial charge in [0.05, 0.1) is 36.4 Å². The van der Waals surface area contributed by atoms with Gasteiger partial charge in [0.1, 0.15) is 5.00 Å². The van der Waals surface area contributed by atoms with E-state index in [0.717, 1.165) is 52.9 Å². The molecular weight excluding hydrogens is 562 g/mol. The predicted molar refractivity (Wildman–Crippen MR) is 157 cm³/mol. The van der Waals surface area contributed by atoms with E-state index >= 15 is 0 Å². The third kappa shape index (κ3) is 6.23. The Kier molecular flexibility index (Phi) is 8.89. The Labute approximate surface area is 245 Å². The zero-order valence-corrected chi connectivity index (χ0v) is 24.7. The van der Waals surface area contributed by atoms with E-state index in [1.807, 2.05) is 36.6 Å². The Bertz CT molecular complexity index is 1570. The lowest BCUT2D eigenvalue weighted by atomic mass is 9.95. The number of carbonyl (C=O) groups excluding carboxylic acids is 3. The third-order valence-electron chi connectivity index (χ3n) is 6.91. The summed E-state index contributed by atoms with van der Waals surface area (Å²) in [5.74, 6) is -0.265. The first-order valence-corrected chi connectivity index (χ1v) is 15.2. The van der Waals surface area contributed by atoms with Crippen molar-refractivity contribution in [3.8, 4) is 5.69 Å². The summed E-state index contributed by atoms with van der Waals surface area (Å²) in [6.45, 7) is 6.17. The maximum absolute atomic E-state index is 13.2. The molecule has 0 fully saturated rings. The average molecular weight is 594 g/mol. The summed E-state index contributed by atoms with van der Waals surface area (Å²) in [7, 11) is 0. The molecule has 12 heteroatoms. The van der Waals surface area contributed by atoms with E-state index in [4.69, 9.17) is 9.15 Å². The first-order chi connectivity index (χ1) is 19.9. The normalized spacial score (nSPS) is 12.6. The molecule has 1 aliphatic rings. The number of ether oxygens (including phenoxy) is 1. The topological polar surface area (TPSA) is 128 Å². The average Bonchev–Trinajstić information content (AvgIpc) is 3.71. The number of hydrogen-bond acceptors (Lipinski definition) is 9. The lowest BCUT2D eigenvalue weighted by Gasteiger charge is -2.14. The highest BCUT2D eigenvalue weighted by molar-refractivity contribution is 7.99.